The highest BCUT2D eigenvalue weighted by Gasteiger charge is 2.22. The van der Waals surface area contributed by atoms with Crippen LogP contribution in [0.2, 0.25) is 0 Å². The van der Waals surface area contributed by atoms with Gasteiger partial charge in [0, 0.05) is 33.0 Å². The molecule has 1 aromatic heterocycles. The van der Waals surface area contributed by atoms with Crippen molar-refractivity contribution in [1.82, 2.24) is 4.57 Å². The molecule has 0 spiro atoms. The van der Waals surface area contributed by atoms with Crippen LogP contribution in [0.3, 0.4) is 0 Å². The van der Waals surface area contributed by atoms with E-state index in [2.05, 4.69) is 252 Å². The Morgan fingerprint density at radius 1 is 0.274 bits per heavy atom. The number of benzene rings is 11. The Balaban J connectivity index is 1.06. The van der Waals surface area contributed by atoms with Crippen molar-refractivity contribution < 1.29 is 0 Å². The van der Waals surface area contributed by atoms with Crippen LogP contribution in [-0.2, 0) is 0 Å². The zero-order valence-corrected chi connectivity index (χ0v) is 34.0. The summed E-state index contributed by atoms with van der Waals surface area (Å²) >= 11 is 0. The van der Waals surface area contributed by atoms with Gasteiger partial charge in [0.15, 0.2) is 0 Å². The highest BCUT2D eigenvalue weighted by molar-refractivity contribution is 6.12. The van der Waals surface area contributed by atoms with E-state index in [9.17, 15) is 0 Å². The van der Waals surface area contributed by atoms with Crippen LogP contribution >= 0.6 is 0 Å². The van der Waals surface area contributed by atoms with Crippen LogP contribution in [0.1, 0.15) is 0 Å². The number of hydrogen-bond donors (Lipinski definition) is 0. The highest BCUT2D eigenvalue weighted by Crippen LogP contribution is 2.47. The molecule has 0 radical (unpaired) electrons. The second kappa shape index (κ2) is 14.8. The summed E-state index contributed by atoms with van der Waals surface area (Å²) in [6.07, 6.45) is 0. The van der Waals surface area contributed by atoms with E-state index in [-0.39, 0.29) is 0 Å². The average molecular weight is 789 g/mol. The van der Waals surface area contributed by atoms with E-state index in [0.29, 0.717) is 0 Å². The third-order valence-corrected chi connectivity index (χ3v) is 12.6. The van der Waals surface area contributed by atoms with E-state index in [4.69, 9.17) is 0 Å². The van der Waals surface area contributed by atoms with E-state index in [1.54, 1.807) is 0 Å². The van der Waals surface area contributed by atoms with Gasteiger partial charge in [0.05, 0.1) is 28.1 Å². The minimum absolute atomic E-state index is 1.08. The summed E-state index contributed by atoms with van der Waals surface area (Å²) < 4.78 is 2.42. The first-order chi connectivity index (χ1) is 30.8. The second-order valence-corrected chi connectivity index (χ2v) is 16.1. The summed E-state index contributed by atoms with van der Waals surface area (Å²) in [6, 6.07) is 88.6. The van der Waals surface area contributed by atoms with Crippen molar-refractivity contribution in [2.45, 2.75) is 0 Å². The lowest BCUT2D eigenvalue weighted by Crippen LogP contribution is -2.12. The van der Waals surface area contributed by atoms with E-state index < -0.39 is 0 Å². The predicted molar refractivity (Wildman–Crippen MR) is 264 cm³/mol. The zero-order chi connectivity index (χ0) is 41.0. The number of aromatic nitrogens is 1. The summed E-state index contributed by atoms with van der Waals surface area (Å²) in [7, 11) is 0. The largest absolute Gasteiger partial charge is 0.309 e. The maximum Gasteiger partial charge on any atom is 0.0541 e. The summed E-state index contributed by atoms with van der Waals surface area (Å²) in [6.45, 7) is 0. The van der Waals surface area contributed by atoms with Crippen LogP contribution in [0, 0.1) is 0 Å². The molecular formula is C60H40N2. The van der Waals surface area contributed by atoms with Gasteiger partial charge in [-0.15, -0.1) is 0 Å². The lowest BCUT2D eigenvalue weighted by molar-refractivity contribution is 1.18. The molecular weight excluding hydrogens is 749 g/mol. The SMILES string of the molecule is c1ccc(N(c2ccc(-c3ccccc3-n3c4ccccc4c4ccccc43)cc2)c2ccc(-c3cccc4ccccc34)c3ccccc23)c(-c2ccc3ccccc3c2)c1. The normalized spacial score (nSPS) is 11.5. The molecule has 0 saturated heterocycles. The first kappa shape index (κ1) is 35.7. The van der Waals surface area contributed by atoms with Crippen molar-refractivity contribution in [2.75, 3.05) is 4.90 Å². The molecule has 2 nitrogen and oxygen atoms in total. The molecule has 0 unspecified atom stereocenters. The van der Waals surface area contributed by atoms with E-state index in [1.807, 2.05) is 0 Å². The monoisotopic (exact) mass is 788 g/mol. The van der Waals surface area contributed by atoms with Gasteiger partial charge in [-0.2, -0.15) is 0 Å². The van der Waals surface area contributed by atoms with Gasteiger partial charge in [0.25, 0.3) is 0 Å². The Labute approximate surface area is 360 Å². The molecule has 2 heteroatoms. The molecule has 1 heterocycles. The fraction of sp³-hybridized carbons (Fsp3) is 0. The molecule has 12 rings (SSSR count). The van der Waals surface area contributed by atoms with Crippen LogP contribution in [0.4, 0.5) is 17.1 Å². The number of anilines is 3. The lowest BCUT2D eigenvalue weighted by Gasteiger charge is -2.30. The number of nitrogens with zero attached hydrogens (tertiary/aromatic N) is 2. The Bertz CT molecular complexity index is 3590. The number of fused-ring (bicyclic) bond motifs is 6. The fourth-order valence-electron chi connectivity index (χ4n) is 9.74. The van der Waals surface area contributed by atoms with Gasteiger partial charge >= 0.3 is 0 Å². The summed E-state index contributed by atoms with van der Waals surface area (Å²) in [5.41, 5.74) is 14.0. The van der Waals surface area contributed by atoms with Crippen LogP contribution in [0.5, 0.6) is 0 Å². The molecule has 0 N–H and O–H groups in total. The molecule has 11 aromatic carbocycles. The average Bonchev–Trinajstić information content (AvgIpc) is 3.68. The zero-order valence-electron chi connectivity index (χ0n) is 34.0. The van der Waals surface area contributed by atoms with Crippen LogP contribution in [0.15, 0.2) is 243 Å². The van der Waals surface area contributed by atoms with Crippen LogP contribution in [-0.4, -0.2) is 4.57 Å². The molecule has 0 saturated carbocycles. The smallest absolute Gasteiger partial charge is 0.0541 e. The Morgan fingerprint density at radius 3 is 1.58 bits per heavy atom. The van der Waals surface area contributed by atoms with Crippen molar-refractivity contribution in [3.05, 3.63) is 243 Å². The molecule has 0 aliphatic carbocycles. The second-order valence-electron chi connectivity index (χ2n) is 16.1. The maximum absolute atomic E-state index is 2.46. The molecule has 62 heavy (non-hydrogen) atoms. The van der Waals surface area contributed by atoms with Gasteiger partial charge in [0.1, 0.15) is 0 Å². The topological polar surface area (TPSA) is 8.17 Å². The van der Waals surface area contributed by atoms with Gasteiger partial charge in [0.2, 0.25) is 0 Å². The Kier molecular flexibility index (Phi) is 8.53. The molecule has 12 aromatic rings. The standard InChI is InChI=1S/C60H40N2/c1-2-18-44-40-45(33-32-41(44)16-1)49-22-8-11-28-56(49)61(60-39-38-52(51-23-5-6-24-53(51)60)50-27-15-19-42-17-3-4-20-47(42)50)46-36-34-43(35-37-46)48-21-7-12-29-57(48)62-58-30-13-9-25-54(58)55-26-10-14-31-59(55)62/h1-40H. The maximum atomic E-state index is 2.46. The van der Waals surface area contributed by atoms with E-state index in [1.165, 1.54) is 81.9 Å². The van der Waals surface area contributed by atoms with Crippen LogP contribution < -0.4 is 4.90 Å². The van der Waals surface area contributed by atoms with E-state index in [0.717, 1.165) is 28.3 Å². The Hall–Kier alpha value is -8.20. The molecule has 0 fully saturated rings. The van der Waals surface area contributed by atoms with Crippen LogP contribution in [0.25, 0.3) is 93.2 Å². The Morgan fingerprint density at radius 2 is 0.806 bits per heavy atom. The van der Waals surface area contributed by atoms with Gasteiger partial charge in [-0.05, 0) is 97.7 Å². The summed E-state index contributed by atoms with van der Waals surface area (Å²) in [4.78, 5) is 2.46. The van der Waals surface area contributed by atoms with Crippen molar-refractivity contribution in [2.24, 2.45) is 0 Å². The van der Waals surface area contributed by atoms with Gasteiger partial charge in [-0.1, -0.05) is 194 Å². The summed E-state index contributed by atoms with van der Waals surface area (Å²) in [5, 5.41) is 9.87. The first-order valence-electron chi connectivity index (χ1n) is 21.3. The van der Waals surface area contributed by atoms with E-state index >= 15 is 0 Å². The lowest BCUT2D eigenvalue weighted by atomic mass is 9.92. The number of hydrogen-bond acceptors (Lipinski definition) is 1. The predicted octanol–water partition coefficient (Wildman–Crippen LogP) is 16.7. The van der Waals surface area contributed by atoms with Gasteiger partial charge < -0.3 is 9.47 Å². The highest BCUT2D eigenvalue weighted by atomic mass is 15.1. The summed E-state index contributed by atoms with van der Waals surface area (Å²) in [5.74, 6) is 0. The number of para-hydroxylation sites is 4. The minimum atomic E-state index is 1.08. The van der Waals surface area contributed by atoms with Crippen molar-refractivity contribution in [3.63, 3.8) is 0 Å². The first-order valence-corrected chi connectivity index (χ1v) is 21.3. The van der Waals surface area contributed by atoms with Gasteiger partial charge in [-0.25, -0.2) is 0 Å². The van der Waals surface area contributed by atoms with Gasteiger partial charge in [-0.3, -0.25) is 0 Å². The van der Waals surface area contributed by atoms with Crippen molar-refractivity contribution in [1.29, 1.82) is 0 Å². The van der Waals surface area contributed by atoms with Crippen molar-refractivity contribution in [3.8, 4) is 39.1 Å². The molecule has 290 valence electrons. The number of rotatable bonds is 7. The third kappa shape index (κ3) is 5.88. The molecule has 0 aliphatic heterocycles. The molecule has 0 bridgehead atoms. The molecule has 0 atom stereocenters. The fourth-order valence-corrected chi connectivity index (χ4v) is 9.74. The minimum Gasteiger partial charge on any atom is -0.309 e. The van der Waals surface area contributed by atoms with Crippen molar-refractivity contribution >= 4 is 71.2 Å². The molecule has 0 aliphatic rings. The molecule has 0 amide bonds. The quantitative estimate of drug-likeness (QED) is 0.156. The third-order valence-electron chi connectivity index (χ3n) is 12.6.